The molecule has 0 aliphatic rings. The highest BCUT2D eigenvalue weighted by atomic mass is 32.1. The van der Waals surface area contributed by atoms with Crippen LogP contribution in [0.1, 0.15) is 0 Å². The van der Waals surface area contributed by atoms with E-state index in [1.165, 1.54) is 6.20 Å². The summed E-state index contributed by atoms with van der Waals surface area (Å²) in [6.07, 6.45) is 1.20. The minimum absolute atomic E-state index is 0.128. The molecule has 0 atom stereocenters. The lowest BCUT2D eigenvalue weighted by atomic mass is 10.4. The number of thiol groups is 2. The van der Waals surface area contributed by atoms with E-state index >= 15 is 0 Å². The van der Waals surface area contributed by atoms with Crippen LogP contribution < -0.4 is 0 Å². The Kier molecular flexibility index (Phi) is 2.76. The van der Waals surface area contributed by atoms with Gasteiger partial charge in [-0.25, -0.2) is 0 Å². The summed E-state index contributed by atoms with van der Waals surface area (Å²) in [6, 6.07) is 0. The number of nitrogens with zero attached hydrogens (tertiary/aromatic N) is 1. The van der Waals surface area contributed by atoms with Crippen LogP contribution in [0.15, 0.2) is 16.0 Å². The van der Waals surface area contributed by atoms with E-state index in [-0.39, 0.29) is 10.6 Å². The normalized spacial score (nSPS) is 9.83. The largest absolute Gasteiger partial charge is 0.346 e. The number of hydrogen-bond acceptors (Lipinski definition) is 5. The fourth-order valence-corrected chi connectivity index (χ4v) is 1.31. The summed E-state index contributed by atoms with van der Waals surface area (Å²) in [7, 11) is 0. The van der Waals surface area contributed by atoms with Crippen LogP contribution in [0.3, 0.4) is 0 Å². The Labute approximate surface area is 84.0 Å². The van der Waals surface area contributed by atoms with E-state index in [1.807, 2.05) is 0 Å². The second kappa shape index (κ2) is 3.46. The van der Waals surface area contributed by atoms with Gasteiger partial charge in [-0.3, -0.25) is 10.1 Å². The summed E-state index contributed by atoms with van der Waals surface area (Å²) in [5.74, 6) is 0. The Morgan fingerprint density at radius 2 is 2.08 bits per heavy atom. The Balaban J connectivity index is 3.47. The van der Waals surface area contributed by atoms with Crippen molar-refractivity contribution < 1.29 is 4.92 Å². The molecule has 0 saturated heterocycles. The molecule has 64 valence electrons. The highest BCUT2D eigenvalue weighted by molar-refractivity contribution is 7.84. The lowest BCUT2D eigenvalue weighted by Gasteiger charge is -1.98. The number of nitro groups is 1. The molecule has 1 N–H and O–H groups in total. The molecule has 0 spiro atoms. The number of pyridine rings is 1. The lowest BCUT2D eigenvalue weighted by molar-refractivity contribution is -0.388. The van der Waals surface area contributed by atoms with Crippen molar-refractivity contribution in [3.8, 4) is 0 Å². The standard InChI is InChI=1S/C5H4N2O2S3/c8-7(9)2-1-6-5(12)4(11)3(2)10/h1,11H,(H2,6,10,12). The van der Waals surface area contributed by atoms with Crippen LogP contribution in [0.5, 0.6) is 0 Å². The van der Waals surface area contributed by atoms with Crippen molar-refractivity contribution in [3.05, 3.63) is 21.0 Å². The zero-order chi connectivity index (χ0) is 9.30. The van der Waals surface area contributed by atoms with Gasteiger partial charge in [0.05, 0.1) is 20.9 Å². The van der Waals surface area contributed by atoms with E-state index in [0.717, 1.165) is 0 Å². The van der Waals surface area contributed by atoms with Crippen LogP contribution in [-0.2, 0) is 0 Å². The van der Waals surface area contributed by atoms with Gasteiger partial charge in [-0.15, -0.1) is 25.3 Å². The van der Waals surface area contributed by atoms with Gasteiger partial charge in [0.1, 0.15) is 4.64 Å². The molecule has 0 unspecified atom stereocenters. The van der Waals surface area contributed by atoms with Crippen LogP contribution in [-0.4, -0.2) is 9.91 Å². The number of H-pyrrole nitrogens is 1. The molecular weight excluding hydrogens is 216 g/mol. The maximum absolute atomic E-state index is 10.4. The summed E-state index contributed by atoms with van der Waals surface area (Å²) >= 11 is 12.7. The fourth-order valence-electron chi connectivity index (χ4n) is 0.639. The van der Waals surface area contributed by atoms with Gasteiger partial charge in [0, 0.05) is 0 Å². The molecule has 1 heterocycles. The zero-order valence-electron chi connectivity index (χ0n) is 5.64. The van der Waals surface area contributed by atoms with Gasteiger partial charge in [-0.05, 0) is 0 Å². The van der Waals surface area contributed by atoms with Crippen LogP contribution in [0, 0.1) is 14.8 Å². The molecule has 0 aromatic carbocycles. The minimum Gasteiger partial charge on any atom is -0.346 e. The maximum atomic E-state index is 10.4. The maximum Gasteiger partial charge on any atom is 0.299 e. The van der Waals surface area contributed by atoms with Crippen molar-refractivity contribution in [1.82, 2.24) is 4.98 Å². The van der Waals surface area contributed by atoms with Crippen LogP contribution >= 0.6 is 37.5 Å². The molecule has 1 rings (SSSR count). The summed E-state index contributed by atoms with van der Waals surface area (Å²) in [6.45, 7) is 0. The number of hydrogen-bond donors (Lipinski definition) is 3. The number of aromatic amines is 1. The van der Waals surface area contributed by atoms with Crippen molar-refractivity contribution in [3.63, 3.8) is 0 Å². The molecule has 0 amide bonds. The third-order valence-corrected chi connectivity index (χ3v) is 2.77. The monoisotopic (exact) mass is 220 g/mol. The summed E-state index contributed by atoms with van der Waals surface area (Å²) in [4.78, 5) is 12.9. The molecule has 0 saturated carbocycles. The zero-order valence-corrected chi connectivity index (χ0v) is 8.25. The lowest BCUT2D eigenvalue weighted by Crippen LogP contribution is -1.92. The summed E-state index contributed by atoms with van der Waals surface area (Å²) < 4.78 is 0.342. The van der Waals surface area contributed by atoms with Crippen molar-refractivity contribution in [1.29, 1.82) is 0 Å². The third-order valence-electron chi connectivity index (χ3n) is 1.22. The van der Waals surface area contributed by atoms with Crippen molar-refractivity contribution in [2.24, 2.45) is 0 Å². The summed E-state index contributed by atoms with van der Waals surface area (Å²) in [5.41, 5.74) is -0.128. The van der Waals surface area contributed by atoms with E-state index in [0.29, 0.717) is 9.54 Å². The van der Waals surface area contributed by atoms with Gasteiger partial charge in [0.15, 0.2) is 0 Å². The molecule has 4 nitrogen and oxygen atoms in total. The van der Waals surface area contributed by atoms with Crippen LogP contribution in [0.2, 0.25) is 0 Å². The van der Waals surface area contributed by atoms with Crippen LogP contribution in [0.4, 0.5) is 5.69 Å². The molecule has 7 heteroatoms. The first-order chi connectivity index (χ1) is 5.54. The molecule has 0 bridgehead atoms. The molecule has 0 fully saturated rings. The number of rotatable bonds is 1. The Morgan fingerprint density at radius 3 is 2.58 bits per heavy atom. The number of nitrogens with one attached hydrogen (secondary N) is 1. The Morgan fingerprint density at radius 1 is 1.50 bits per heavy atom. The van der Waals surface area contributed by atoms with Gasteiger partial charge < -0.3 is 4.98 Å². The molecule has 12 heavy (non-hydrogen) atoms. The predicted molar refractivity (Wildman–Crippen MR) is 52.8 cm³/mol. The van der Waals surface area contributed by atoms with E-state index in [2.05, 4.69) is 30.2 Å². The molecule has 0 aliphatic heterocycles. The first-order valence-electron chi connectivity index (χ1n) is 2.82. The van der Waals surface area contributed by atoms with Gasteiger partial charge >= 0.3 is 0 Å². The smallest absolute Gasteiger partial charge is 0.299 e. The second-order valence-corrected chi connectivity index (χ2v) is 3.26. The average molecular weight is 220 g/mol. The van der Waals surface area contributed by atoms with E-state index < -0.39 is 4.92 Å². The predicted octanol–water partition coefficient (Wildman–Crippen LogP) is 2.23. The Bertz CT molecular complexity index is 387. The van der Waals surface area contributed by atoms with E-state index in [1.54, 1.807) is 0 Å². The first kappa shape index (κ1) is 9.56. The molecule has 1 aromatic heterocycles. The van der Waals surface area contributed by atoms with Gasteiger partial charge in [0.2, 0.25) is 0 Å². The Hall–Kier alpha value is -0.530. The summed E-state index contributed by atoms with van der Waals surface area (Å²) in [5, 5.41) is 10.4. The molecular formula is C5H4N2O2S3. The SMILES string of the molecule is O=[N+]([O-])c1c[nH]c(=S)c(S)c1S. The van der Waals surface area contributed by atoms with Crippen molar-refractivity contribution >= 4 is 43.2 Å². The van der Waals surface area contributed by atoms with Crippen LogP contribution in [0.25, 0.3) is 0 Å². The van der Waals surface area contributed by atoms with Crippen molar-refractivity contribution in [2.75, 3.05) is 0 Å². The molecule has 1 aromatic rings. The molecule has 0 radical (unpaired) electrons. The topological polar surface area (TPSA) is 58.9 Å². The number of aromatic nitrogens is 1. The molecule has 0 aliphatic carbocycles. The highest BCUT2D eigenvalue weighted by Crippen LogP contribution is 2.27. The van der Waals surface area contributed by atoms with E-state index in [9.17, 15) is 10.1 Å². The first-order valence-corrected chi connectivity index (χ1v) is 4.12. The third kappa shape index (κ3) is 1.62. The average Bonchev–Trinajstić information content (AvgIpc) is 2.00. The highest BCUT2D eigenvalue weighted by Gasteiger charge is 2.13. The quantitative estimate of drug-likeness (QED) is 0.294. The van der Waals surface area contributed by atoms with E-state index in [4.69, 9.17) is 12.2 Å². The fraction of sp³-hybridized carbons (Fsp3) is 0. The second-order valence-electron chi connectivity index (χ2n) is 1.96. The van der Waals surface area contributed by atoms with Gasteiger partial charge in [-0.1, -0.05) is 12.2 Å². The van der Waals surface area contributed by atoms with Gasteiger partial charge in [-0.2, -0.15) is 0 Å². The minimum atomic E-state index is -0.548. The van der Waals surface area contributed by atoms with Crippen molar-refractivity contribution in [2.45, 2.75) is 9.79 Å². The van der Waals surface area contributed by atoms with Gasteiger partial charge in [0.25, 0.3) is 5.69 Å².